The van der Waals surface area contributed by atoms with Crippen molar-refractivity contribution in [2.24, 2.45) is 0 Å². The molecule has 0 fully saturated rings. The first kappa shape index (κ1) is 15.2. The molecule has 0 amide bonds. The van der Waals surface area contributed by atoms with Gasteiger partial charge in [-0.1, -0.05) is 72.3 Å². The number of H-pyrrole nitrogens is 1. The Bertz CT molecular complexity index is 1220. The lowest BCUT2D eigenvalue weighted by molar-refractivity contribution is 1.34. The third-order valence-corrected chi connectivity index (χ3v) is 4.95. The quantitative estimate of drug-likeness (QED) is 0.375. The molecule has 2 heterocycles. The standard InChI is InChI=1S/C23H15ClN2/c24-17-12-10-16(11-13-17)21-14-19(15-6-2-1-3-7-15)22-18-8-4-5-9-20(18)25-23(22)26-21/h1-14H,(H,25,26). The third-order valence-electron chi connectivity index (χ3n) is 4.69. The fourth-order valence-corrected chi connectivity index (χ4v) is 3.59. The lowest BCUT2D eigenvalue weighted by Crippen LogP contribution is -1.88. The summed E-state index contributed by atoms with van der Waals surface area (Å²) >= 11 is 6.05. The zero-order valence-corrected chi connectivity index (χ0v) is 14.7. The van der Waals surface area contributed by atoms with Crippen molar-refractivity contribution in [3.05, 3.63) is 90.0 Å². The molecule has 0 bridgehead atoms. The van der Waals surface area contributed by atoms with Gasteiger partial charge < -0.3 is 4.98 Å². The van der Waals surface area contributed by atoms with Crippen LogP contribution in [0, 0.1) is 0 Å². The van der Waals surface area contributed by atoms with Crippen LogP contribution >= 0.6 is 11.6 Å². The van der Waals surface area contributed by atoms with Crippen LogP contribution in [0.2, 0.25) is 5.02 Å². The second-order valence-electron chi connectivity index (χ2n) is 6.32. The number of hydrogen-bond donors (Lipinski definition) is 1. The van der Waals surface area contributed by atoms with Crippen molar-refractivity contribution in [1.82, 2.24) is 9.97 Å². The number of hydrogen-bond acceptors (Lipinski definition) is 1. The Balaban J connectivity index is 1.87. The first-order valence-electron chi connectivity index (χ1n) is 8.52. The van der Waals surface area contributed by atoms with E-state index >= 15 is 0 Å². The molecule has 0 unspecified atom stereocenters. The molecule has 0 spiro atoms. The van der Waals surface area contributed by atoms with Crippen LogP contribution < -0.4 is 0 Å². The molecule has 2 aromatic heterocycles. The van der Waals surface area contributed by atoms with E-state index in [4.69, 9.17) is 16.6 Å². The van der Waals surface area contributed by atoms with Crippen molar-refractivity contribution >= 4 is 33.5 Å². The van der Waals surface area contributed by atoms with Gasteiger partial charge in [-0.05, 0) is 35.4 Å². The second-order valence-corrected chi connectivity index (χ2v) is 6.76. The number of nitrogens with zero attached hydrogens (tertiary/aromatic N) is 1. The number of benzene rings is 3. The number of halogens is 1. The lowest BCUT2D eigenvalue weighted by Gasteiger charge is -2.08. The normalized spacial score (nSPS) is 11.3. The van der Waals surface area contributed by atoms with Gasteiger partial charge in [-0.25, -0.2) is 4.98 Å². The van der Waals surface area contributed by atoms with E-state index in [0.29, 0.717) is 0 Å². The average Bonchev–Trinajstić information content (AvgIpc) is 3.07. The number of aromatic amines is 1. The number of aromatic nitrogens is 2. The summed E-state index contributed by atoms with van der Waals surface area (Å²) in [6, 6.07) is 28.8. The molecule has 0 aliphatic heterocycles. The van der Waals surface area contributed by atoms with Gasteiger partial charge in [0.25, 0.3) is 0 Å². The van der Waals surface area contributed by atoms with Crippen molar-refractivity contribution in [2.45, 2.75) is 0 Å². The average molecular weight is 355 g/mol. The third kappa shape index (κ3) is 2.47. The van der Waals surface area contributed by atoms with Gasteiger partial charge in [0.15, 0.2) is 0 Å². The monoisotopic (exact) mass is 354 g/mol. The molecule has 0 aliphatic carbocycles. The Kier molecular flexibility index (Phi) is 3.51. The minimum Gasteiger partial charge on any atom is -0.339 e. The Hall–Kier alpha value is -3.10. The van der Waals surface area contributed by atoms with E-state index in [1.54, 1.807) is 0 Å². The highest BCUT2D eigenvalue weighted by Gasteiger charge is 2.14. The summed E-state index contributed by atoms with van der Waals surface area (Å²) in [7, 11) is 0. The van der Waals surface area contributed by atoms with Crippen LogP contribution in [-0.2, 0) is 0 Å². The molecule has 0 atom stereocenters. The number of rotatable bonds is 2. The maximum Gasteiger partial charge on any atom is 0.139 e. The van der Waals surface area contributed by atoms with E-state index < -0.39 is 0 Å². The summed E-state index contributed by atoms with van der Waals surface area (Å²) in [6.07, 6.45) is 0. The van der Waals surface area contributed by atoms with E-state index in [9.17, 15) is 0 Å². The van der Waals surface area contributed by atoms with Gasteiger partial charge in [-0.2, -0.15) is 0 Å². The molecule has 0 radical (unpaired) electrons. The van der Waals surface area contributed by atoms with Crippen molar-refractivity contribution < 1.29 is 0 Å². The first-order valence-corrected chi connectivity index (χ1v) is 8.90. The topological polar surface area (TPSA) is 28.7 Å². The summed E-state index contributed by atoms with van der Waals surface area (Å²) in [6.45, 7) is 0. The van der Waals surface area contributed by atoms with Crippen LogP contribution in [0.25, 0.3) is 44.3 Å². The SMILES string of the molecule is Clc1ccc(-c2cc(-c3ccccc3)c3c(n2)[nH]c2ccccc23)cc1. The van der Waals surface area contributed by atoms with E-state index in [-0.39, 0.29) is 0 Å². The maximum atomic E-state index is 6.05. The number of pyridine rings is 1. The Morgan fingerprint density at radius 1 is 0.731 bits per heavy atom. The van der Waals surface area contributed by atoms with Gasteiger partial charge in [-0.3, -0.25) is 0 Å². The molecule has 0 saturated heterocycles. The summed E-state index contributed by atoms with van der Waals surface area (Å²) < 4.78 is 0. The smallest absolute Gasteiger partial charge is 0.139 e. The fraction of sp³-hybridized carbons (Fsp3) is 0. The molecule has 0 saturated carbocycles. The highest BCUT2D eigenvalue weighted by molar-refractivity contribution is 6.30. The highest BCUT2D eigenvalue weighted by atomic mass is 35.5. The molecule has 3 heteroatoms. The number of nitrogens with one attached hydrogen (secondary N) is 1. The van der Waals surface area contributed by atoms with Gasteiger partial charge >= 0.3 is 0 Å². The largest absolute Gasteiger partial charge is 0.339 e. The van der Waals surface area contributed by atoms with Crippen LogP contribution in [0.15, 0.2) is 84.9 Å². The zero-order valence-electron chi connectivity index (χ0n) is 13.9. The zero-order chi connectivity index (χ0) is 17.5. The summed E-state index contributed by atoms with van der Waals surface area (Å²) in [5.41, 5.74) is 6.34. The lowest BCUT2D eigenvalue weighted by atomic mass is 9.99. The Morgan fingerprint density at radius 3 is 2.27 bits per heavy atom. The van der Waals surface area contributed by atoms with Crippen LogP contribution in [-0.4, -0.2) is 9.97 Å². The van der Waals surface area contributed by atoms with Gasteiger partial charge in [0, 0.05) is 26.9 Å². The minimum absolute atomic E-state index is 0.726. The number of fused-ring (bicyclic) bond motifs is 3. The molecular weight excluding hydrogens is 340 g/mol. The first-order chi connectivity index (χ1) is 12.8. The summed E-state index contributed by atoms with van der Waals surface area (Å²) in [5, 5.41) is 3.07. The molecular formula is C23H15ClN2. The minimum atomic E-state index is 0.726. The molecule has 124 valence electrons. The highest BCUT2D eigenvalue weighted by Crippen LogP contribution is 2.36. The van der Waals surface area contributed by atoms with E-state index in [2.05, 4.69) is 53.5 Å². The van der Waals surface area contributed by atoms with Gasteiger partial charge in [-0.15, -0.1) is 0 Å². The van der Waals surface area contributed by atoms with Gasteiger partial charge in [0.1, 0.15) is 5.65 Å². The van der Waals surface area contributed by atoms with Crippen molar-refractivity contribution in [3.63, 3.8) is 0 Å². The predicted molar refractivity (Wildman–Crippen MR) is 109 cm³/mol. The Labute approximate surface area is 156 Å². The summed E-state index contributed by atoms with van der Waals surface area (Å²) in [5.74, 6) is 0. The molecule has 5 aromatic rings. The van der Waals surface area contributed by atoms with Gasteiger partial charge in [0.2, 0.25) is 0 Å². The van der Waals surface area contributed by atoms with Crippen molar-refractivity contribution in [2.75, 3.05) is 0 Å². The van der Waals surface area contributed by atoms with E-state index in [0.717, 1.165) is 32.8 Å². The van der Waals surface area contributed by atoms with Crippen LogP contribution in [0.4, 0.5) is 0 Å². The van der Waals surface area contributed by atoms with Crippen molar-refractivity contribution in [3.8, 4) is 22.4 Å². The van der Waals surface area contributed by atoms with Crippen LogP contribution in [0.5, 0.6) is 0 Å². The Morgan fingerprint density at radius 2 is 1.46 bits per heavy atom. The summed E-state index contributed by atoms with van der Waals surface area (Å²) in [4.78, 5) is 8.37. The maximum absolute atomic E-state index is 6.05. The molecule has 1 N–H and O–H groups in total. The predicted octanol–water partition coefficient (Wildman–Crippen LogP) is 6.70. The van der Waals surface area contributed by atoms with E-state index in [1.165, 1.54) is 16.5 Å². The molecule has 5 rings (SSSR count). The van der Waals surface area contributed by atoms with Gasteiger partial charge in [0.05, 0.1) is 5.69 Å². The number of para-hydroxylation sites is 1. The van der Waals surface area contributed by atoms with Crippen LogP contribution in [0.3, 0.4) is 0 Å². The second kappa shape index (κ2) is 6.01. The molecule has 0 aliphatic rings. The molecule has 3 aromatic carbocycles. The van der Waals surface area contributed by atoms with Crippen LogP contribution in [0.1, 0.15) is 0 Å². The van der Waals surface area contributed by atoms with E-state index in [1.807, 2.05) is 36.4 Å². The molecule has 26 heavy (non-hydrogen) atoms. The fourth-order valence-electron chi connectivity index (χ4n) is 3.46. The molecule has 2 nitrogen and oxygen atoms in total. The van der Waals surface area contributed by atoms with Crippen molar-refractivity contribution in [1.29, 1.82) is 0 Å².